The SMILES string of the molecule is Cc1cccc(N)c1OC(C)C(=O)NCCC(C)C. The number of aryl methyl sites for hydroxylation is 1. The molecule has 0 aromatic heterocycles. The Kier molecular flexibility index (Phi) is 5.67. The molecule has 1 unspecified atom stereocenters. The third kappa shape index (κ3) is 4.81. The highest BCUT2D eigenvalue weighted by Gasteiger charge is 2.16. The average molecular weight is 264 g/mol. The van der Waals surface area contributed by atoms with Crippen molar-refractivity contribution in [1.82, 2.24) is 5.32 Å². The topological polar surface area (TPSA) is 64.3 Å². The van der Waals surface area contributed by atoms with E-state index in [1.54, 1.807) is 13.0 Å². The Morgan fingerprint density at radius 3 is 2.63 bits per heavy atom. The quantitative estimate of drug-likeness (QED) is 0.776. The Hall–Kier alpha value is -1.71. The fourth-order valence-electron chi connectivity index (χ4n) is 1.69. The standard InChI is InChI=1S/C15H24N2O2/c1-10(2)8-9-17-15(18)12(4)19-14-11(3)6-5-7-13(14)16/h5-7,10,12H,8-9,16H2,1-4H3,(H,17,18). The number of hydrogen-bond donors (Lipinski definition) is 2. The summed E-state index contributed by atoms with van der Waals surface area (Å²) in [6, 6.07) is 5.55. The van der Waals surface area contributed by atoms with Crippen LogP contribution in [0.1, 0.15) is 32.8 Å². The molecule has 0 bridgehead atoms. The maximum absolute atomic E-state index is 11.9. The first kappa shape index (κ1) is 15.3. The van der Waals surface area contributed by atoms with Crippen molar-refractivity contribution < 1.29 is 9.53 Å². The molecule has 0 spiro atoms. The van der Waals surface area contributed by atoms with Crippen LogP contribution in [0.5, 0.6) is 5.75 Å². The van der Waals surface area contributed by atoms with Gasteiger partial charge in [-0.3, -0.25) is 4.79 Å². The number of hydrogen-bond acceptors (Lipinski definition) is 3. The van der Waals surface area contributed by atoms with Gasteiger partial charge in [0, 0.05) is 6.54 Å². The Labute approximate surface area is 115 Å². The van der Waals surface area contributed by atoms with Crippen LogP contribution in [-0.4, -0.2) is 18.6 Å². The summed E-state index contributed by atoms with van der Waals surface area (Å²) < 4.78 is 5.66. The third-order valence-electron chi connectivity index (χ3n) is 2.93. The van der Waals surface area contributed by atoms with Gasteiger partial charge in [0.15, 0.2) is 6.10 Å². The second-order valence-electron chi connectivity index (χ2n) is 5.23. The predicted molar refractivity (Wildman–Crippen MR) is 78.1 cm³/mol. The number of carbonyl (C=O) groups is 1. The molecular formula is C15H24N2O2. The van der Waals surface area contributed by atoms with Crippen molar-refractivity contribution in [2.75, 3.05) is 12.3 Å². The molecule has 1 amide bonds. The molecule has 4 heteroatoms. The van der Waals surface area contributed by atoms with Crippen LogP contribution in [-0.2, 0) is 4.79 Å². The molecule has 19 heavy (non-hydrogen) atoms. The van der Waals surface area contributed by atoms with Crippen molar-refractivity contribution in [1.29, 1.82) is 0 Å². The van der Waals surface area contributed by atoms with Gasteiger partial charge in [-0.05, 0) is 37.8 Å². The van der Waals surface area contributed by atoms with Gasteiger partial charge in [0.2, 0.25) is 0 Å². The molecule has 0 heterocycles. The Bertz CT molecular complexity index is 410. The van der Waals surface area contributed by atoms with E-state index >= 15 is 0 Å². The molecule has 0 saturated heterocycles. The molecule has 1 atom stereocenters. The van der Waals surface area contributed by atoms with Crippen LogP contribution in [0.4, 0.5) is 5.69 Å². The summed E-state index contributed by atoms with van der Waals surface area (Å²) in [7, 11) is 0. The largest absolute Gasteiger partial charge is 0.478 e. The lowest BCUT2D eigenvalue weighted by molar-refractivity contribution is -0.127. The first-order valence-corrected chi connectivity index (χ1v) is 6.71. The fourth-order valence-corrected chi connectivity index (χ4v) is 1.69. The Morgan fingerprint density at radius 1 is 1.37 bits per heavy atom. The van der Waals surface area contributed by atoms with Crippen LogP contribution in [0, 0.1) is 12.8 Å². The van der Waals surface area contributed by atoms with Gasteiger partial charge in [0.1, 0.15) is 5.75 Å². The molecule has 1 aromatic carbocycles. The summed E-state index contributed by atoms with van der Waals surface area (Å²) in [5.41, 5.74) is 7.34. The molecule has 3 N–H and O–H groups in total. The molecule has 1 aromatic rings. The second-order valence-corrected chi connectivity index (χ2v) is 5.23. The molecule has 0 fully saturated rings. The van der Waals surface area contributed by atoms with Crippen molar-refractivity contribution >= 4 is 11.6 Å². The van der Waals surface area contributed by atoms with E-state index in [2.05, 4.69) is 19.2 Å². The second kappa shape index (κ2) is 7.02. The summed E-state index contributed by atoms with van der Waals surface area (Å²) in [6.45, 7) is 8.57. The van der Waals surface area contributed by atoms with E-state index in [4.69, 9.17) is 10.5 Å². The fraction of sp³-hybridized carbons (Fsp3) is 0.533. The van der Waals surface area contributed by atoms with E-state index < -0.39 is 6.10 Å². The molecule has 1 rings (SSSR count). The predicted octanol–water partition coefficient (Wildman–Crippen LogP) is 2.51. The average Bonchev–Trinajstić information content (AvgIpc) is 2.33. The van der Waals surface area contributed by atoms with Gasteiger partial charge < -0.3 is 15.8 Å². The lowest BCUT2D eigenvalue weighted by Gasteiger charge is -2.18. The summed E-state index contributed by atoms with van der Waals surface area (Å²) in [5.74, 6) is 1.06. The van der Waals surface area contributed by atoms with Crippen LogP contribution in [0.3, 0.4) is 0 Å². The number of amides is 1. The maximum Gasteiger partial charge on any atom is 0.260 e. The number of rotatable bonds is 6. The Balaban J connectivity index is 2.54. The number of benzene rings is 1. The van der Waals surface area contributed by atoms with Gasteiger partial charge in [0.05, 0.1) is 5.69 Å². The third-order valence-corrected chi connectivity index (χ3v) is 2.93. The van der Waals surface area contributed by atoms with Gasteiger partial charge in [-0.2, -0.15) is 0 Å². The zero-order valence-electron chi connectivity index (χ0n) is 12.2. The molecule has 0 radical (unpaired) electrons. The van der Waals surface area contributed by atoms with E-state index in [9.17, 15) is 4.79 Å². The molecular weight excluding hydrogens is 240 g/mol. The van der Waals surface area contributed by atoms with Crippen LogP contribution < -0.4 is 15.8 Å². The molecule has 106 valence electrons. The van der Waals surface area contributed by atoms with Crippen molar-refractivity contribution in [2.24, 2.45) is 5.92 Å². The van der Waals surface area contributed by atoms with Crippen molar-refractivity contribution in [3.63, 3.8) is 0 Å². The van der Waals surface area contributed by atoms with Crippen molar-refractivity contribution in [3.05, 3.63) is 23.8 Å². The minimum absolute atomic E-state index is 0.108. The van der Waals surface area contributed by atoms with E-state index in [1.165, 1.54) is 0 Å². The molecule has 0 saturated carbocycles. The summed E-state index contributed by atoms with van der Waals surface area (Å²) >= 11 is 0. The molecule has 0 aliphatic rings. The smallest absolute Gasteiger partial charge is 0.260 e. The van der Waals surface area contributed by atoms with E-state index in [-0.39, 0.29) is 5.91 Å². The number of anilines is 1. The summed E-state index contributed by atoms with van der Waals surface area (Å²) in [5, 5.41) is 2.87. The minimum atomic E-state index is -0.546. The number of nitrogens with one attached hydrogen (secondary N) is 1. The number of carbonyl (C=O) groups excluding carboxylic acids is 1. The lowest BCUT2D eigenvalue weighted by Crippen LogP contribution is -2.37. The van der Waals surface area contributed by atoms with Gasteiger partial charge in [-0.15, -0.1) is 0 Å². The number of para-hydroxylation sites is 1. The van der Waals surface area contributed by atoms with Gasteiger partial charge >= 0.3 is 0 Å². The van der Waals surface area contributed by atoms with Crippen LogP contribution >= 0.6 is 0 Å². The van der Waals surface area contributed by atoms with Gasteiger partial charge in [-0.1, -0.05) is 26.0 Å². The lowest BCUT2D eigenvalue weighted by atomic mass is 10.1. The number of ether oxygens (including phenoxy) is 1. The van der Waals surface area contributed by atoms with Crippen LogP contribution in [0.25, 0.3) is 0 Å². The van der Waals surface area contributed by atoms with E-state index in [1.807, 2.05) is 19.1 Å². The summed E-state index contributed by atoms with van der Waals surface area (Å²) in [6.07, 6.45) is 0.417. The summed E-state index contributed by atoms with van der Waals surface area (Å²) in [4.78, 5) is 11.9. The van der Waals surface area contributed by atoms with Crippen LogP contribution in [0.2, 0.25) is 0 Å². The monoisotopic (exact) mass is 264 g/mol. The number of nitrogen functional groups attached to an aromatic ring is 1. The Morgan fingerprint density at radius 2 is 2.05 bits per heavy atom. The highest BCUT2D eigenvalue weighted by molar-refractivity contribution is 5.81. The van der Waals surface area contributed by atoms with Gasteiger partial charge in [-0.25, -0.2) is 0 Å². The molecule has 0 aliphatic carbocycles. The highest BCUT2D eigenvalue weighted by Crippen LogP contribution is 2.26. The highest BCUT2D eigenvalue weighted by atomic mass is 16.5. The van der Waals surface area contributed by atoms with Crippen LogP contribution in [0.15, 0.2) is 18.2 Å². The number of nitrogens with two attached hydrogens (primary N) is 1. The normalized spacial score (nSPS) is 12.3. The molecule has 4 nitrogen and oxygen atoms in total. The van der Waals surface area contributed by atoms with E-state index in [0.717, 1.165) is 12.0 Å². The first-order valence-electron chi connectivity index (χ1n) is 6.71. The maximum atomic E-state index is 11.9. The first-order chi connectivity index (χ1) is 8.91. The van der Waals surface area contributed by atoms with Gasteiger partial charge in [0.25, 0.3) is 5.91 Å². The van der Waals surface area contributed by atoms with E-state index in [0.29, 0.717) is 23.9 Å². The molecule has 0 aliphatic heterocycles. The zero-order chi connectivity index (χ0) is 14.4. The van der Waals surface area contributed by atoms with Crippen molar-refractivity contribution in [2.45, 2.75) is 40.2 Å². The van der Waals surface area contributed by atoms with Crippen molar-refractivity contribution in [3.8, 4) is 5.75 Å². The zero-order valence-corrected chi connectivity index (χ0v) is 12.2. The minimum Gasteiger partial charge on any atom is -0.478 e.